The third-order valence-corrected chi connectivity index (χ3v) is 6.12. The van der Waals surface area contributed by atoms with Crippen molar-refractivity contribution >= 4 is 5.91 Å². The maximum atomic E-state index is 13.2. The van der Waals surface area contributed by atoms with Crippen molar-refractivity contribution in [1.29, 1.82) is 0 Å². The van der Waals surface area contributed by atoms with E-state index in [2.05, 4.69) is 22.9 Å². The molecule has 2 atom stereocenters. The summed E-state index contributed by atoms with van der Waals surface area (Å²) in [4.78, 5) is 15.2. The van der Waals surface area contributed by atoms with Crippen molar-refractivity contribution in [2.24, 2.45) is 11.8 Å². The lowest BCUT2D eigenvalue weighted by atomic mass is 9.82. The summed E-state index contributed by atoms with van der Waals surface area (Å²) < 4.78 is 5.38. The predicted molar refractivity (Wildman–Crippen MR) is 104 cm³/mol. The number of nitrogens with one attached hydrogen (secondary N) is 2. The number of rotatable bonds is 4. The quantitative estimate of drug-likeness (QED) is 0.868. The monoisotopic (exact) mass is 368 g/mol. The SMILES string of the molecule is CCC1CNNC1C1CCN(C(=O)c2c(-c3ccccc3)noc2C)CC1. The molecule has 1 aromatic heterocycles. The molecule has 2 aromatic rings. The number of hydrogen-bond acceptors (Lipinski definition) is 5. The van der Waals surface area contributed by atoms with Gasteiger partial charge in [-0.15, -0.1) is 0 Å². The molecule has 2 aliphatic heterocycles. The third kappa shape index (κ3) is 3.51. The molecule has 2 aliphatic rings. The average Bonchev–Trinajstić information content (AvgIpc) is 3.34. The number of aryl methyl sites for hydroxylation is 1. The Morgan fingerprint density at radius 1 is 1.26 bits per heavy atom. The second kappa shape index (κ2) is 7.82. The van der Waals surface area contributed by atoms with Crippen LogP contribution in [-0.4, -0.2) is 41.6 Å². The Hall–Kier alpha value is -2.18. The summed E-state index contributed by atoms with van der Waals surface area (Å²) >= 11 is 0. The highest BCUT2D eigenvalue weighted by molar-refractivity contribution is 6.00. The second-order valence-electron chi connectivity index (χ2n) is 7.68. The van der Waals surface area contributed by atoms with E-state index in [0.717, 1.165) is 38.0 Å². The Balaban J connectivity index is 1.47. The van der Waals surface area contributed by atoms with Crippen LogP contribution in [0.4, 0.5) is 0 Å². The van der Waals surface area contributed by atoms with Crippen LogP contribution < -0.4 is 10.9 Å². The van der Waals surface area contributed by atoms with E-state index in [-0.39, 0.29) is 5.91 Å². The van der Waals surface area contributed by atoms with E-state index in [1.807, 2.05) is 42.2 Å². The highest BCUT2D eigenvalue weighted by Gasteiger charge is 2.36. The minimum Gasteiger partial charge on any atom is -0.360 e. The first-order valence-electron chi connectivity index (χ1n) is 9.98. The van der Waals surface area contributed by atoms with Crippen LogP contribution in [0.1, 0.15) is 42.3 Å². The first kappa shape index (κ1) is 18.2. The molecule has 27 heavy (non-hydrogen) atoms. The molecule has 6 heteroatoms. The van der Waals surface area contributed by atoms with Gasteiger partial charge in [-0.05, 0) is 31.6 Å². The minimum absolute atomic E-state index is 0.0376. The van der Waals surface area contributed by atoms with Gasteiger partial charge in [-0.3, -0.25) is 15.6 Å². The molecule has 1 aromatic carbocycles. The molecule has 6 nitrogen and oxygen atoms in total. The van der Waals surface area contributed by atoms with Gasteiger partial charge in [0.2, 0.25) is 0 Å². The van der Waals surface area contributed by atoms with Gasteiger partial charge in [-0.1, -0.05) is 48.8 Å². The number of hydrogen-bond donors (Lipinski definition) is 2. The van der Waals surface area contributed by atoms with E-state index < -0.39 is 0 Å². The largest absolute Gasteiger partial charge is 0.360 e. The fourth-order valence-corrected chi connectivity index (χ4v) is 4.49. The van der Waals surface area contributed by atoms with Gasteiger partial charge in [0, 0.05) is 31.2 Å². The Bertz CT molecular complexity index is 781. The van der Waals surface area contributed by atoms with Gasteiger partial charge in [-0.25, -0.2) is 0 Å². The Labute approximate surface area is 160 Å². The summed E-state index contributed by atoms with van der Waals surface area (Å²) in [6.45, 7) is 6.69. The molecule has 4 rings (SSSR count). The standard InChI is InChI=1S/C21H28N4O2/c1-3-15-13-22-23-19(15)17-9-11-25(12-10-17)21(26)18-14(2)27-24-20(18)16-7-5-4-6-8-16/h4-8,15,17,19,22-23H,3,9-13H2,1-2H3. The van der Waals surface area contributed by atoms with Crippen LogP contribution in [-0.2, 0) is 0 Å². The normalized spacial score (nSPS) is 23.7. The van der Waals surface area contributed by atoms with Crippen LogP contribution in [0.15, 0.2) is 34.9 Å². The molecule has 2 unspecified atom stereocenters. The number of benzene rings is 1. The molecule has 3 heterocycles. The molecule has 0 saturated carbocycles. The number of likely N-dealkylation sites (tertiary alicyclic amines) is 1. The number of aromatic nitrogens is 1. The fourth-order valence-electron chi connectivity index (χ4n) is 4.49. The predicted octanol–water partition coefficient (Wildman–Crippen LogP) is 3.00. The van der Waals surface area contributed by atoms with Gasteiger partial charge in [0.15, 0.2) is 0 Å². The zero-order chi connectivity index (χ0) is 18.8. The maximum Gasteiger partial charge on any atom is 0.259 e. The number of piperidine rings is 1. The smallest absolute Gasteiger partial charge is 0.259 e. The van der Waals surface area contributed by atoms with Gasteiger partial charge in [0.1, 0.15) is 17.0 Å². The van der Waals surface area contributed by atoms with E-state index in [1.165, 1.54) is 6.42 Å². The molecule has 2 fully saturated rings. The lowest BCUT2D eigenvalue weighted by Crippen LogP contribution is -2.46. The molecule has 0 spiro atoms. The van der Waals surface area contributed by atoms with Gasteiger partial charge in [0.25, 0.3) is 5.91 Å². The number of hydrazine groups is 1. The lowest BCUT2D eigenvalue weighted by molar-refractivity contribution is 0.0662. The molecule has 144 valence electrons. The zero-order valence-corrected chi connectivity index (χ0v) is 16.1. The van der Waals surface area contributed by atoms with Crippen molar-refractivity contribution in [3.63, 3.8) is 0 Å². The molecule has 0 aliphatic carbocycles. The molecule has 2 saturated heterocycles. The molecular formula is C21H28N4O2. The zero-order valence-electron chi connectivity index (χ0n) is 16.1. The summed E-state index contributed by atoms with van der Waals surface area (Å²) in [7, 11) is 0. The van der Waals surface area contributed by atoms with Crippen LogP contribution >= 0.6 is 0 Å². The Kier molecular flexibility index (Phi) is 5.27. The number of nitrogens with zero attached hydrogens (tertiary/aromatic N) is 2. The van der Waals surface area contributed by atoms with Crippen LogP contribution in [0, 0.1) is 18.8 Å². The summed E-state index contributed by atoms with van der Waals surface area (Å²) in [5.74, 6) is 1.93. The summed E-state index contributed by atoms with van der Waals surface area (Å²) in [5.41, 5.74) is 8.94. The topological polar surface area (TPSA) is 70.4 Å². The van der Waals surface area contributed by atoms with Crippen molar-refractivity contribution in [3.8, 4) is 11.3 Å². The first-order valence-corrected chi connectivity index (χ1v) is 9.98. The molecule has 2 N–H and O–H groups in total. The van der Waals surface area contributed by atoms with E-state index in [9.17, 15) is 4.79 Å². The molecule has 0 bridgehead atoms. The maximum absolute atomic E-state index is 13.2. The molecule has 1 amide bonds. The molecule has 0 radical (unpaired) electrons. The number of carbonyl (C=O) groups excluding carboxylic acids is 1. The van der Waals surface area contributed by atoms with Crippen LogP contribution in [0.25, 0.3) is 11.3 Å². The Morgan fingerprint density at radius 2 is 2.00 bits per heavy atom. The fraction of sp³-hybridized carbons (Fsp3) is 0.524. The Morgan fingerprint density at radius 3 is 2.70 bits per heavy atom. The van der Waals surface area contributed by atoms with E-state index >= 15 is 0 Å². The van der Waals surface area contributed by atoms with E-state index in [4.69, 9.17) is 4.52 Å². The van der Waals surface area contributed by atoms with Crippen molar-refractivity contribution < 1.29 is 9.32 Å². The van der Waals surface area contributed by atoms with Crippen molar-refractivity contribution in [3.05, 3.63) is 41.7 Å². The van der Waals surface area contributed by atoms with Gasteiger partial charge < -0.3 is 9.42 Å². The minimum atomic E-state index is 0.0376. The lowest BCUT2D eigenvalue weighted by Gasteiger charge is -2.36. The number of amides is 1. The van der Waals surface area contributed by atoms with Crippen LogP contribution in [0.2, 0.25) is 0 Å². The van der Waals surface area contributed by atoms with Crippen molar-refractivity contribution in [2.75, 3.05) is 19.6 Å². The first-order chi connectivity index (χ1) is 13.2. The van der Waals surface area contributed by atoms with E-state index in [1.54, 1.807) is 0 Å². The van der Waals surface area contributed by atoms with Crippen LogP contribution in [0.5, 0.6) is 0 Å². The van der Waals surface area contributed by atoms with Gasteiger partial charge in [-0.2, -0.15) is 0 Å². The van der Waals surface area contributed by atoms with Crippen molar-refractivity contribution in [2.45, 2.75) is 39.2 Å². The molecular weight excluding hydrogens is 340 g/mol. The summed E-state index contributed by atoms with van der Waals surface area (Å²) in [6.07, 6.45) is 3.25. The van der Waals surface area contributed by atoms with Gasteiger partial charge in [0.05, 0.1) is 0 Å². The summed E-state index contributed by atoms with van der Waals surface area (Å²) in [6, 6.07) is 10.3. The average molecular weight is 368 g/mol. The van der Waals surface area contributed by atoms with Crippen molar-refractivity contribution in [1.82, 2.24) is 20.9 Å². The third-order valence-electron chi connectivity index (χ3n) is 6.12. The van der Waals surface area contributed by atoms with Crippen LogP contribution in [0.3, 0.4) is 0 Å². The van der Waals surface area contributed by atoms with Gasteiger partial charge >= 0.3 is 0 Å². The summed E-state index contributed by atoms with van der Waals surface area (Å²) in [5, 5.41) is 4.16. The van der Waals surface area contributed by atoms with E-state index in [0.29, 0.717) is 34.9 Å². The highest BCUT2D eigenvalue weighted by Crippen LogP contribution is 2.31. The second-order valence-corrected chi connectivity index (χ2v) is 7.68. The highest BCUT2D eigenvalue weighted by atomic mass is 16.5. The number of carbonyl (C=O) groups is 1.